The molecule has 3 nitrogen and oxygen atoms in total. The maximum atomic E-state index is 12.3. The second-order valence-electron chi connectivity index (χ2n) is 3.38. The van der Waals surface area contributed by atoms with Crippen LogP contribution in [-0.2, 0) is 14.6 Å². The van der Waals surface area contributed by atoms with E-state index >= 15 is 0 Å². The first-order valence-electron chi connectivity index (χ1n) is 4.42. The standard InChI is InChI=1S/C8H10BrF3O3S/c1-15-5-2-3-7(6(9)4-5)16(13,14)8(10,11)12/h5H,2-4H2,1H3. The van der Waals surface area contributed by atoms with E-state index < -0.39 is 20.3 Å². The van der Waals surface area contributed by atoms with Crippen LogP contribution in [0.5, 0.6) is 0 Å². The third-order valence-corrected chi connectivity index (χ3v) is 5.14. The van der Waals surface area contributed by atoms with Gasteiger partial charge in [-0.3, -0.25) is 0 Å². The molecule has 0 fully saturated rings. The zero-order chi connectivity index (χ0) is 12.6. The number of halogens is 4. The molecule has 0 spiro atoms. The van der Waals surface area contributed by atoms with Gasteiger partial charge in [-0.1, -0.05) is 15.9 Å². The molecule has 1 unspecified atom stereocenters. The molecule has 16 heavy (non-hydrogen) atoms. The fourth-order valence-corrected chi connectivity index (χ4v) is 3.70. The number of allylic oxidation sites excluding steroid dienone is 1. The van der Waals surface area contributed by atoms with Crippen LogP contribution in [0.25, 0.3) is 0 Å². The normalized spacial score (nSPS) is 23.7. The smallest absolute Gasteiger partial charge is 0.381 e. The van der Waals surface area contributed by atoms with Crippen LogP contribution in [-0.4, -0.2) is 27.1 Å². The van der Waals surface area contributed by atoms with Crippen LogP contribution < -0.4 is 0 Å². The second-order valence-corrected chi connectivity index (χ2v) is 6.30. The van der Waals surface area contributed by atoms with Gasteiger partial charge in [-0.2, -0.15) is 13.2 Å². The van der Waals surface area contributed by atoms with Gasteiger partial charge in [0, 0.05) is 18.0 Å². The van der Waals surface area contributed by atoms with Crippen molar-refractivity contribution in [3.8, 4) is 0 Å². The van der Waals surface area contributed by atoms with E-state index in [-0.39, 0.29) is 29.8 Å². The molecule has 0 aromatic rings. The Labute approximate surface area is 99.7 Å². The summed E-state index contributed by atoms with van der Waals surface area (Å²) >= 11 is 2.88. The van der Waals surface area contributed by atoms with Gasteiger partial charge < -0.3 is 4.74 Å². The molecule has 1 rings (SSSR count). The number of rotatable bonds is 2. The van der Waals surface area contributed by atoms with Crippen LogP contribution in [0.15, 0.2) is 9.39 Å². The molecule has 94 valence electrons. The van der Waals surface area contributed by atoms with E-state index in [1.165, 1.54) is 7.11 Å². The van der Waals surface area contributed by atoms with Crippen LogP contribution in [0, 0.1) is 0 Å². The third-order valence-electron chi connectivity index (χ3n) is 2.37. The monoisotopic (exact) mass is 322 g/mol. The van der Waals surface area contributed by atoms with Gasteiger partial charge >= 0.3 is 5.51 Å². The van der Waals surface area contributed by atoms with Gasteiger partial charge in [-0.15, -0.1) is 0 Å². The van der Waals surface area contributed by atoms with Crippen molar-refractivity contribution in [2.75, 3.05) is 7.11 Å². The highest BCUT2D eigenvalue weighted by molar-refractivity contribution is 9.11. The van der Waals surface area contributed by atoms with Crippen molar-refractivity contribution in [3.05, 3.63) is 9.39 Å². The molecule has 0 aromatic carbocycles. The third kappa shape index (κ3) is 2.60. The Kier molecular flexibility index (Phi) is 4.07. The van der Waals surface area contributed by atoms with Crippen molar-refractivity contribution >= 4 is 25.8 Å². The Morgan fingerprint density at radius 3 is 2.38 bits per heavy atom. The summed E-state index contributed by atoms with van der Waals surface area (Å²) < 4.78 is 64.2. The van der Waals surface area contributed by atoms with Crippen LogP contribution in [0.4, 0.5) is 13.2 Å². The molecule has 0 saturated heterocycles. The van der Waals surface area contributed by atoms with Crippen molar-refractivity contribution in [3.63, 3.8) is 0 Å². The van der Waals surface area contributed by atoms with E-state index in [0.29, 0.717) is 0 Å². The van der Waals surface area contributed by atoms with Crippen LogP contribution in [0.3, 0.4) is 0 Å². The number of sulfone groups is 1. The van der Waals surface area contributed by atoms with E-state index in [9.17, 15) is 21.6 Å². The van der Waals surface area contributed by atoms with E-state index in [4.69, 9.17) is 4.74 Å². The lowest BCUT2D eigenvalue weighted by molar-refractivity contribution is -0.0429. The molecule has 0 amide bonds. The van der Waals surface area contributed by atoms with Gasteiger partial charge in [0.05, 0.1) is 11.0 Å². The largest absolute Gasteiger partial charge is 0.501 e. The number of hydrogen-bond donors (Lipinski definition) is 0. The molecule has 0 aliphatic heterocycles. The van der Waals surface area contributed by atoms with Crippen molar-refractivity contribution in [2.45, 2.75) is 30.9 Å². The fourth-order valence-electron chi connectivity index (χ4n) is 1.46. The van der Waals surface area contributed by atoms with Gasteiger partial charge in [0.25, 0.3) is 9.84 Å². The summed E-state index contributed by atoms with van der Waals surface area (Å²) in [5.41, 5.74) is -5.23. The average molecular weight is 323 g/mol. The van der Waals surface area contributed by atoms with E-state index in [1.54, 1.807) is 0 Å². The van der Waals surface area contributed by atoms with Gasteiger partial charge in [0.1, 0.15) is 0 Å². The molecular formula is C8H10BrF3O3S. The van der Waals surface area contributed by atoms with E-state index in [1.807, 2.05) is 0 Å². The van der Waals surface area contributed by atoms with Crippen molar-refractivity contribution in [2.24, 2.45) is 0 Å². The van der Waals surface area contributed by atoms with Crippen molar-refractivity contribution < 1.29 is 26.3 Å². The highest BCUT2D eigenvalue weighted by atomic mass is 79.9. The lowest BCUT2D eigenvalue weighted by Crippen LogP contribution is -2.28. The average Bonchev–Trinajstić information content (AvgIpc) is 2.15. The fraction of sp³-hybridized carbons (Fsp3) is 0.750. The predicted molar refractivity (Wildman–Crippen MR) is 55.6 cm³/mol. The summed E-state index contributed by atoms with van der Waals surface area (Å²) in [4.78, 5) is -0.576. The number of ether oxygens (including phenoxy) is 1. The quantitative estimate of drug-likeness (QED) is 0.785. The lowest BCUT2D eigenvalue weighted by Gasteiger charge is -2.23. The predicted octanol–water partition coefficient (Wildman–Crippen LogP) is 2.73. The Morgan fingerprint density at radius 2 is 2.00 bits per heavy atom. The summed E-state index contributed by atoms with van der Waals surface area (Å²) in [6.45, 7) is 0. The maximum Gasteiger partial charge on any atom is 0.501 e. The first kappa shape index (κ1) is 14.0. The molecule has 1 aliphatic carbocycles. The SMILES string of the molecule is COC1CCC(S(=O)(=O)C(F)(F)F)=C(Br)C1. The molecule has 1 aliphatic rings. The molecular weight excluding hydrogens is 313 g/mol. The number of hydrogen-bond acceptors (Lipinski definition) is 3. The Morgan fingerprint density at radius 1 is 1.44 bits per heavy atom. The molecule has 1 atom stereocenters. The lowest BCUT2D eigenvalue weighted by atomic mass is 10.0. The highest BCUT2D eigenvalue weighted by Crippen LogP contribution is 2.39. The Balaban J connectivity index is 3.08. The summed E-state index contributed by atoms with van der Waals surface area (Å²) in [7, 11) is -3.76. The number of methoxy groups -OCH3 is 1. The van der Waals surface area contributed by atoms with E-state index in [2.05, 4.69) is 15.9 Å². The van der Waals surface area contributed by atoms with Crippen LogP contribution in [0.2, 0.25) is 0 Å². The van der Waals surface area contributed by atoms with Crippen LogP contribution >= 0.6 is 15.9 Å². The zero-order valence-corrected chi connectivity index (χ0v) is 10.7. The van der Waals surface area contributed by atoms with Gasteiger partial charge in [0.2, 0.25) is 0 Å². The van der Waals surface area contributed by atoms with Gasteiger partial charge in [0.15, 0.2) is 0 Å². The minimum atomic E-state index is -5.23. The summed E-state index contributed by atoms with van der Waals surface area (Å²) in [6.07, 6.45) is 0.0414. The van der Waals surface area contributed by atoms with Crippen LogP contribution in [0.1, 0.15) is 19.3 Å². The maximum absolute atomic E-state index is 12.3. The molecule has 8 heteroatoms. The first-order chi connectivity index (χ1) is 7.20. The number of alkyl halides is 3. The molecule has 0 radical (unpaired) electrons. The topological polar surface area (TPSA) is 43.4 Å². The van der Waals surface area contributed by atoms with Crippen molar-refractivity contribution in [1.82, 2.24) is 0 Å². The minimum Gasteiger partial charge on any atom is -0.381 e. The molecule has 0 heterocycles. The molecule has 0 N–H and O–H groups in total. The summed E-state index contributed by atoms with van der Waals surface area (Å²) in [5, 5.41) is 0. The van der Waals surface area contributed by atoms with Crippen molar-refractivity contribution in [1.29, 1.82) is 0 Å². The minimum absolute atomic E-state index is 0.0583. The second kappa shape index (κ2) is 4.66. The molecule has 0 aromatic heterocycles. The van der Waals surface area contributed by atoms with Gasteiger partial charge in [-0.05, 0) is 12.8 Å². The Bertz CT molecular complexity index is 399. The highest BCUT2D eigenvalue weighted by Gasteiger charge is 2.49. The zero-order valence-electron chi connectivity index (χ0n) is 8.34. The summed E-state index contributed by atoms with van der Waals surface area (Å²) in [6, 6.07) is 0. The summed E-state index contributed by atoms with van der Waals surface area (Å²) in [5.74, 6) is 0. The molecule has 0 bridgehead atoms. The Hall–Kier alpha value is -0.0800. The van der Waals surface area contributed by atoms with E-state index in [0.717, 1.165) is 0 Å². The molecule has 0 saturated carbocycles. The van der Waals surface area contributed by atoms with Gasteiger partial charge in [-0.25, -0.2) is 8.42 Å². The first-order valence-corrected chi connectivity index (χ1v) is 6.69.